The van der Waals surface area contributed by atoms with E-state index in [-0.39, 0.29) is 17.9 Å². The first-order chi connectivity index (χ1) is 11.2. The van der Waals surface area contributed by atoms with Crippen LogP contribution in [0.3, 0.4) is 0 Å². The minimum absolute atomic E-state index is 0.174. The van der Waals surface area contributed by atoms with Crippen LogP contribution in [-0.4, -0.2) is 35.6 Å². The van der Waals surface area contributed by atoms with E-state index < -0.39 is 5.60 Å². The third kappa shape index (κ3) is 5.02. The number of piperidine rings is 1. The van der Waals surface area contributed by atoms with Gasteiger partial charge >= 0.3 is 6.09 Å². The van der Waals surface area contributed by atoms with Gasteiger partial charge < -0.3 is 15.0 Å². The molecule has 5 nitrogen and oxygen atoms in total. The van der Waals surface area contributed by atoms with Gasteiger partial charge in [-0.2, -0.15) is 0 Å². The summed E-state index contributed by atoms with van der Waals surface area (Å²) in [5.74, 6) is -0.478. The first kappa shape index (κ1) is 18.9. The van der Waals surface area contributed by atoms with Crippen LogP contribution in [0.2, 0.25) is 10.0 Å². The fourth-order valence-electron chi connectivity index (χ4n) is 2.52. The van der Waals surface area contributed by atoms with Gasteiger partial charge in [0, 0.05) is 13.1 Å². The van der Waals surface area contributed by atoms with Crippen LogP contribution < -0.4 is 5.32 Å². The summed E-state index contributed by atoms with van der Waals surface area (Å²) in [7, 11) is 0. The molecule has 2 amide bonds. The lowest BCUT2D eigenvalue weighted by Gasteiger charge is -2.33. The lowest BCUT2D eigenvalue weighted by Crippen LogP contribution is -2.45. The summed E-state index contributed by atoms with van der Waals surface area (Å²) < 4.78 is 5.38. The zero-order chi connectivity index (χ0) is 17.9. The second kappa shape index (κ2) is 7.62. The fourth-order valence-corrected chi connectivity index (χ4v) is 2.87. The van der Waals surface area contributed by atoms with Crippen molar-refractivity contribution in [2.24, 2.45) is 5.92 Å². The third-order valence-corrected chi connectivity index (χ3v) is 4.47. The Hall–Kier alpha value is -1.46. The van der Waals surface area contributed by atoms with Gasteiger partial charge in [-0.25, -0.2) is 4.79 Å². The van der Waals surface area contributed by atoms with Gasteiger partial charge in [0.2, 0.25) is 5.91 Å². The molecule has 0 saturated carbocycles. The van der Waals surface area contributed by atoms with Gasteiger partial charge in [-0.3, -0.25) is 4.79 Å². The Bertz CT molecular complexity index is 629. The van der Waals surface area contributed by atoms with E-state index in [1.165, 1.54) is 0 Å². The summed E-state index contributed by atoms with van der Waals surface area (Å²) in [4.78, 5) is 26.2. The van der Waals surface area contributed by atoms with E-state index in [1.54, 1.807) is 23.1 Å². The molecule has 0 spiro atoms. The number of anilines is 1. The maximum atomic E-state index is 12.5. The lowest BCUT2D eigenvalue weighted by molar-refractivity contribution is -0.121. The van der Waals surface area contributed by atoms with Crippen molar-refractivity contribution in [1.29, 1.82) is 0 Å². The van der Waals surface area contributed by atoms with E-state index >= 15 is 0 Å². The smallest absolute Gasteiger partial charge is 0.410 e. The molecular formula is C17H22Cl2N2O3. The van der Waals surface area contributed by atoms with Crippen LogP contribution >= 0.6 is 23.2 Å². The minimum Gasteiger partial charge on any atom is -0.444 e. The number of benzene rings is 1. The summed E-state index contributed by atoms with van der Waals surface area (Å²) >= 11 is 12.1. The number of hydrogen-bond acceptors (Lipinski definition) is 3. The SMILES string of the molecule is CC(C)(C)OC(=O)N1CCCC(C(=O)Nc2cccc(Cl)c2Cl)C1. The van der Waals surface area contributed by atoms with E-state index in [4.69, 9.17) is 27.9 Å². The Morgan fingerprint density at radius 1 is 1.29 bits per heavy atom. The molecule has 1 fully saturated rings. The molecule has 2 rings (SSSR count). The second-order valence-corrected chi connectivity index (χ2v) is 7.64. The highest BCUT2D eigenvalue weighted by molar-refractivity contribution is 6.44. The molecule has 1 unspecified atom stereocenters. The molecule has 0 aromatic heterocycles. The molecule has 0 bridgehead atoms. The van der Waals surface area contributed by atoms with Crippen LogP contribution in [0.15, 0.2) is 18.2 Å². The molecule has 1 aliphatic rings. The van der Waals surface area contributed by atoms with Crippen molar-refractivity contribution in [2.75, 3.05) is 18.4 Å². The molecule has 1 aromatic carbocycles. The van der Waals surface area contributed by atoms with Gasteiger partial charge in [-0.15, -0.1) is 0 Å². The maximum absolute atomic E-state index is 12.5. The van der Waals surface area contributed by atoms with Crippen LogP contribution in [0.25, 0.3) is 0 Å². The first-order valence-corrected chi connectivity index (χ1v) is 8.66. The molecule has 1 aromatic rings. The Labute approximate surface area is 152 Å². The van der Waals surface area contributed by atoms with Crippen LogP contribution in [0, 0.1) is 5.92 Å². The van der Waals surface area contributed by atoms with Gasteiger partial charge in [-0.05, 0) is 45.7 Å². The molecule has 7 heteroatoms. The number of nitrogens with zero attached hydrogens (tertiary/aromatic N) is 1. The number of halogens is 2. The standard InChI is InChI=1S/C17H22Cl2N2O3/c1-17(2,3)24-16(23)21-9-5-6-11(10-21)15(22)20-13-8-4-7-12(18)14(13)19/h4,7-8,11H,5-6,9-10H2,1-3H3,(H,20,22). The van der Waals surface area contributed by atoms with Crippen molar-refractivity contribution in [2.45, 2.75) is 39.2 Å². The number of ether oxygens (including phenoxy) is 1. The predicted molar refractivity (Wildman–Crippen MR) is 95.6 cm³/mol. The van der Waals surface area contributed by atoms with Crippen LogP contribution in [0.4, 0.5) is 10.5 Å². The predicted octanol–water partition coefficient (Wildman–Crippen LogP) is 4.58. The zero-order valence-electron chi connectivity index (χ0n) is 14.1. The summed E-state index contributed by atoms with van der Waals surface area (Å²) in [5.41, 5.74) is -0.0794. The quantitative estimate of drug-likeness (QED) is 0.826. The third-order valence-electron chi connectivity index (χ3n) is 3.65. The molecule has 132 valence electrons. The van der Waals surface area contributed by atoms with E-state index in [2.05, 4.69) is 5.32 Å². The number of likely N-dealkylation sites (tertiary alicyclic amines) is 1. The zero-order valence-corrected chi connectivity index (χ0v) is 15.6. The largest absolute Gasteiger partial charge is 0.444 e. The topological polar surface area (TPSA) is 58.6 Å². The molecule has 1 saturated heterocycles. The molecular weight excluding hydrogens is 351 g/mol. The Kier molecular flexibility index (Phi) is 5.99. The molecule has 1 heterocycles. The van der Waals surface area contributed by atoms with E-state index in [9.17, 15) is 9.59 Å². The van der Waals surface area contributed by atoms with E-state index in [0.717, 1.165) is 6.42 Å². The fraction of sp³-hybridized carbons (Fsp3) is 0.529. The number of carbonyl (C=O) groups is 2. The highest BCUT2D eigenvalue weighted by atomic mass is 35.5. The van der Waals surface area contributed by atoms with E-state index in [0.29, 0.717) is 35.2 Å². The molecule has 1 N–H and O–H groups in total. The maximum Gasteiger partial charge on any atom is 0.410 e. The monoisotopic (exact) mass is 372 g/mol. The van der Waals surface area contributed by atoms with Crippen molar-refractivity contribution in [3.63, 3.8) is 0 Å². The van der Waals surface area contributed by atoms with Gasteiger partial charge in [0.15, 0.2) is 0 Å². The Balaban J connectivity index is 2.00. The second-order valence-electron chi connectivity index (χ2n) is 6.86. The average molecular weight is 373 g/mol. The van der Waals surface area contributed by atoms with Crippen LogP contribution in [-0.2, 0) is 9.53 Å². The highest BCUT2D eigenvalue weighted by Gasteiger charge is 2.31. The van der Waals surface area contributed by atoms with Gasteiger partial charge in [0.25, 0.3) is 0 Å². The van der Waals surface area contributed by atoms with Gasteiger partial charge in [-0.1, -0.05) is 29.3 Å². The number of amides is 2. The van der Waals surface area contributed by atoms with Gasteiger partial charge in [0.05, 0.1) is 21.7 Å². The first-order valence-electron chi connectivity index (χ1n) is 7.90. The normalized spacial score (nSPS) is 18.2. The lowest BCUT2D eigenvalue weighted by atomic mass is 9.97. The van der Waals surface area contributed by atoms with Crippen LogP contribution in [0.1, 0.15) is 33.6 Å². The molecule has 0 radical (unpaired) electrons. The Morgan fingerprint density at radius 3 is 2.67 bits per heavy atom. The van der Waals surface area contributed by atoms with Crippen molar-refractivity contribution < 1.29 is 14.3 Å². The van der Waals surface area contributed by atoms with E-state index in [1.807, 2.05) is 20.8 Å². The summed E-state index contributed by atoms with van der Waals surface area (Å²) in [6.07, 6.45) is 1.07. The van der Waals surface area contributed by atoms with Crippen molar-refractivity contribution in [3.05, 3.63) is 28.2 Å². The van der Waals surface area contributed by atoms with Crippen molar-refractivity contribution in [1.82, 2.24) is 4.90 Å². The molecule has 0 aliphatic carbocycles. The average Bonchev–Trinajstić information content (AvgIpc) is 2.50. The summed E-state index contributed by atoms with van der Waals surface area (Å²) in [6.45, 7) is 6.39. The molecule has 24 heavy (non-hydrogen) atoms. The van der Waals surface area contributed by atoms with Crippen molar-refractivity contribution in [3.8, 4) is 0 Å². The number of hydrogen-bond donors (Lipinski definition) is 1. The Morgan fingerprint density at radius 2 is 2.00 bits per heavy atom. The van der Waals surface area contributed by atoms with Gasteiger partial charge in [0.1, 0.15) is 5.60 Å². The number of nitrogens with one attached hydrogen (secondary N) is 1. The molecule has 1 atom stereocenters. The minimum atomic E-state index is -0.555. The number of rotatable bonds is 2. The summed E-state index contributed by atoms with van der Waals surface area (Å²) in [5, 5.41) is 3.49. The number of carbonyl (C=O) groups excluding carboxylic acids is 2. The van der Waals surface area contributed by atoms with Crippen LogP contribution in [0.5, 0.6) is 0 Å². The molecule has 1 aliphatic heterocycles. The van der Waals surface area contributed by atoms with Crippen molar-refractivity contribution >= 4 is 40.9 Å². The summed E-state index contributed by atoms with van der Waals surface area (Å²) in [6, 6.07) is 5.07. The highest BCUT2D eigenvalue weighted by Crippen LogP contribution is 2.30.